The number of hydrogen-bond donors (Lipinski definition) is 2. The molecule has 32 heavy (non-hydrogen) atoms. The topological polar surface area (TPSA) is 81.1 Å². The molecule has 0 radical (unpaired) electrons. The highest BCUT2D eigenvalue weighted by molar-refractivity contribution is 9.10. The second kappa shape index (κ2) is 10.8. The SMILES string of the molecule is CCN(CC)C/C=C/C(=O)Nc1ccc2ncc(C#N)c(Nc3ccc(F)c(Br)c3)c2c1. The lowest BCUT2D eigenvalue weighted by atomic mass is 10.1. The minimum Gasteiger partial charge on any atom is -0.354 e. The summed E-state index contributed by atoms with van der Waals surface area (Å²) in [5.74, 6) is -0.618. The van der Waals surface area contributed by atoms with Crippen molar-refractivity contribution in [2.45, 2.75) is 13.8 Å². The lowest BCUT2D eigenvalue weighted by Gasteiger charge is -2.14. The number of carbonyl (C=O) groups is 1. The molecule has 6 nitrogen and oxygen atoms in total. The molecule has 0 atom stereocenters. The average Bonchev–Trinajstić information content (AvgIpc) is 2.79. The van der Waals surface area contributed by atoms with Crippen LogP contribution >= 0.6 is 15.9 Å². The number of carbonyl (C=O) groups excluding carboxylic acids is 1. The first-order valence-electron chi connectivity index (χ1n) is 10.2. The number of amides is 1. The Hall–Kier alpha value is -3.28. The molecule has 8 heteroatoms. The van der Waals surface area contributed by atoms with E-state index in [9.17, 15) is 14.4 Å². The van der Waals surface area contributed by atoms with E-state index in [4.69, 9.17) is 0 Å². The monoisotopic (exact) mass is 495 g/mol. The third-order valence-electron chi connectivity index (χ3n) is 4.97. The van der Waals surface area contributed by atoms with Crippen LogP contribution in [0, 0.1) is 17.1 Å². The second-order valence-electron chi connectivity index (χ2n) is 7.02. The smallest absolute Gasteiger partial charge is 0.248 e. The number of anilines is 3. The minimum atomic E-state index is -0.380. The molecule has 1 heterocycles. The fourth-order valence-corrected chi connectivity index (χ4v) is 3.56. The summed E-state index contributed by atoms with van der Waals surface area (Å²) in [7, 11) is 0. The van der Waals surface area contributed by atoms with Gasteiger partial charge in [-0.25, -0.2) is 4.39 Å². The zero-order valence-electron chi connectivity index (χ0n) is 17.8. The van der Waals surface area contributed by atoms with Gasteiger partial charge in [-0.15, -0.1) is 0 Å². The molecule has 0 aliphatic heterocycles. The van der Waals surface area contributed by atoms with Crippen molar-refractivity contribution >= 4 is 49.8 Å². The Labute approximate surface area is 194 Å². The molecule has 0 fully saturated rings. The predicted octanol–water partition coefficient (Wildman–Crippen LogP) is 5.59. The Balaban J connectivity index is 1.88. The second-order valence-corrected chi connectivity index (χ2v) is 7.88. The maximum Gasteiger partial charge on any atom is 0.248 e. The highest BCUT2D eigenvalue weighted by atomic mass is 79.9. The van der Waals surface area contributed by atoms with Gasteiger partial charge in [0.2, 0.25) is 5.91 Å². The van der Waals surface area contributed by atoms with Crippen molar-refractivity contribution in [3.8, 4) is 6.07 Å². The number of fused-ring (bicyclic) bond motifs is 1. The van der Waals surface area contributed by atoms with E-state index in [1.807, 2.05) is 6.08 Å². The van der Waals surface area contributed by atoms with Gasteiger partial charge in [0.25, 0.3) is 0 Å². The summed E-state index contributed by atoms with van der Waals surface area (Å²) in [6.45, 7) is 6.69. The van der Waals surface area contributed by atoms with Gasteiger partial charge in [-0.05, 0) is 65.4 Å². The van der Waals surface area contributed by atoms with Gasteiger partial charge < -0.3 is 15.5 Å². The molecule has 0 bridgehead atoms. The van der Waals surface area contributed by atoms with Crippen LogP contribution in [0.15, 0.2) is 59.2 Å². The van der Waals surface area contributed by atoms with E-state index in [0.29, 0.717) is 44.5 Å². The summed E-state index contributed by atoms with van der Waals surface area (Å²) in [5.41, 5.74) is 2.71. The first-order chi connectivity index (χ1) is 15.4. The number of nitriles is 1. The summed E-state index contributed by atoms with van der Waals surface area (Å²) in [5, 5.41) is 16.3. The van der Waals surface area contributed by atoms with Crippen molar-refractivity contribution in [3.63, 3.8) is 0 Å². The van der Waals surface area contributed by atoms with Crippen molar-refractivity contribution in [1.82, 2.24) is 9.88 Å². The molecule has 3 aromatic rings. The van der Waals surface area contributed by atoms with E-state index in [2.05, 4.69) is 56.4 Å². The summed E-state index contributed by atoms with van der Waals surface area (Å²) >= 11 is 3.17. The molecule has 1 aromatic heterocycles. The average molecular weight is 496 g/mol. The molecule has 2 aromatic carbocycles. The molecule has 0 aliphatic carbocycles. The van der Waals surface area contributed by atoms with E-state index in [1.165, 1.54) is 18.3 Å². The minimum absolute atomic E-state index is 0.238. The molecule has 0 unspecified atom stereocenters. The highest BCUT2D eigenvalue weighted by Crippen LogP contribution is 2.32. The number of nitrogens with one attached hydrogen (secondary N) is 2. The lowest BCUT2D eigenvalue weighted by molar-refractivity contribution is -0.111. The van der Waals surface area contributed by atoms with Crippen LogP contribution in [0.1, 0.15) is 19.4 Å². The molecule has 0 saturated carbocycles. The van der Waals surface area contributed by atoms with Crippen LogP contribution in [0.5, 0.6) is 0 Å². The summed E-state index contributed by atoms with van der Waals surface area (Å²) in [6, 6.07) is 11.9. The Morgan fingerprint density at radius 1 is 1.22 bits per heavy atom. The molecular formula is C24H23BrFN5O. The fourth-order valence-electron chi connectivity index (χ4n) is 3.18. The summed E-state index contributed by atoms with van der Waals surface area (Å²) in [4.78, 5) is 18.9. The maximum atomic E-state index is 13.6. The first kappa shape index (κ1) is 23.4. The molecule has 1 amide bonds. The first-order valence-corrected chi connectivity index (χ1v) is 11.0. The highest BCUT2D eigenvalue weighted by Gasteiger charge is 2.12. The van der Waals surface area contributed by atoms with Crippen LogP contribution in [-0.4, -0.2) is 35.4 Å². The Kier molecular flexibility index (Phi) is 7.92. The number of likely N-dealkylation sites (N-methyl/N-ethyl adjacent to an activating group) is 1. The zero-order valence-corrected chi connectivity index (χ0v) is 19.4. The predicted molar refractivity (Wildman–Crippen MR) is 129 cm³/mol. The zero-order chi connectivity index (χ0) is 23.1. The van der Waals surface area contributed by atoms with Crippen molar-refractivity contribution in [2.75, 3.05) is 30.3 Å². The van der Waals surface area contributed by atoms with Gasteiger partial charge in [-0.2, -0.15) is 5.26 Å². The molecule has 0 spiro atoms. The van der Waals surface area contributed by atoms with Crippen LogP contribution in [0.3, 0.4) is 0 Å². The van der Waals surface area contributed by atoms with Crippen molar-refractivity contribution in [3.05, 3.63) is 70.6 Å². The Morgan fingerprint density at radius 3 is 2.66 bits per heavy atom. The van der Waals surface area contributed by atoms with Crippen molar-refractivity contribution in [2.24, 2.45) is 0 Å². The van der Waals surface area contributed by atoms with Gasteiger partial charge in [0.05, 0.1) is 21.2 Å². The number of pyridine rings is 1. The maximum absolute atomic E-state index is 13.6. The van der Waals surface area contributed by atoms with Gasteiger partial charge in [0.1, 0.15) is 11.9 Å². The number of rotatable bonds is 8. The standard InChI is InChI=1S/C24H23BrFN5O/c1-3-31(4-2)11-5-6-23(32)29-17-8-10-22-19(12-17)24(16(14-27)15-28-22)30-18-7-9-21(26)20(25)13-18/h5-10,12-13,15H,3-4,11H2,1-2H3,(H,28,30)(H,29,32)/b6-5+. The van der Waals surface area contributed by atoms with Crippen LogP contribution in [0.2, 0.25) is 0 Å². The van der Waals surface area contributed by atoms with E-state index < -0.39 is 0 Å². The third kappa shape index (κ3) is 5.69. The van der Waals surface area contributed by atoms with Gasteiger partial charge >= 0.3 is 0 Å². The lowest BCUT2D eigenvalue weighted by Crippen LogP contribution is -2.23. The van der Waals surface area contributed by atoms with E-state index in [-0.39, 0.29) is 11.7 Å². The van der Waals surface area contributed by atoms with Crippen LogP contribution in [-0.2, 0) is 4.79 Å². The van der Waals surface area contributed by atoms with E-state index in [1.54, 1.807) is 30.3 Å². The number of halogens is 2. The van der Waals surface area contributed by atoms with Gasteiger partial charge in [-0.3, -0.25) is 9.78 Å². The molecule has 0 aliphatic rings. The van der Waals surface area contributed by atoms with Crippen molar-refractivity contribution < 1.29 is 9.18 Å². The summed E-state index contributed by atoms with van der Waals surface area (Å²) in [6.07, 6.45) is 4.83. The number of nitrogens with zero attached hydrogens (tertiary/aromatic N) is 3. The molecule has 164 valence electrons. The molecular weight excluding hydrogens is 473 g/mol. The Bertz CT molecular complexity index is 1200. The number of benzene rings is 2. The van der Waals surface area contributed by atoms with Crippen LogP contribution in [0.25, 0.3) is 10.9 Å². The summed E-state index contributed by atoms with van der Waals surface area (Å²) < 4.78 is 13.9. The fraction of sp³-hybridized carbons (Fsp3) is 0.208. The van der Waals surface area contributed by atoms with Gasteiger partial charge in [-0.1, -0.05) is 19.9 Å². The number of hydrogen-bond acceptors (Lipinski definition) is 5. The molecule has 0 saturated heterocycles. The van der Waals surface area contributed by atoms with Crippen molar-refractivity contribution in [1.29, 1.82) is 5.26 Å². The van der Waals surface area contributed by atoms with E-state index in [0.717, 1.165) is 13.1 Å². The molecule has 2 N–H and O–H groups in total. The van der Waals surface area contributed by atoms with E-state index >= 15 is 0 Å². The van der Waals surface area contributed by atoms with Crippen LogP contribution in [0.4, 0.5) is 21.5 Å². The quantitative estimate of drug-likeness (QED) is 0.398. The van der Waals surface area contributed by atoms with Gasteiger partial charge in [0.15, 0.2) is 0 Å². The normalized spacial score (nSPS) is 11.1. The third-order valence-corrected chi connectivity index (χ3v) is 5.58. The van der Waals surface area contributed by atoms with Gasteiger partial charge in [0, 0.05) is 35.6 Å². The number of aromatic nitrogens is 1. The molecule has 3 rings (SSSR count). The largest absolute Gasteiger partial charge is 0.354 e. The van der Waals surface area contributed by atoms with Crippen LogP contribution < -0.4 is 10.6 Å². The Morgan fingerprint density at radius 2 is 1.97 bits per heavy atom.